The number of hydrogen-bond acceptors (Lipinski definition) is 5. The van der Waals surface area contributed by atoms with Gasteiger partial charge in [-0.3, -0.25) is 4.98 Å². The molecular weight excluding hydrogens is 344 g/mol. The summed E-state index contributed by atoms with van der Waals surface area (Å²) in [6.07, 6.45) is 8.68. The van der Waals surface area contributed by atoms with Crippen LogP contribution in [0, 0.1) is 17.2 Å². The van der Waals surface area contributed by atoms with Crippen LogP contribution in [0.4, 0.5) is 0 Å². The summed E-state index contributed by atoms with van der Waals surface area (Å²) in [4.78, 5) is 9.23. The lowest BCUT2D eigenvalue weighted by molar-refractivity contribution is 0.174. The van der Waals surface area contributed by atoms with Crippen molar-refractivity contribution >= 4 is 32.6 Å². The molecule has 1 aliphatic carbocycles. The number of nitriles is 1. The highest BCUT2D eigenvalue weighted by atomic mass is 32.1. The fourth-order valence-electron chi connectivity index (χ4n) is 4.32. The summed E-state index contributed by atoms with van der Waals surface area (Å²) >= 11 is 1.70. The van der Waals surface area contributed by atoms with Gasteiger partial charge in [0.1, 0.15) is 17.4 Å². The zero-order valence-corrected chi connectivity index (χ0v) is 15.9. The molecule has 0 spiro atoms. The Morgan fingerprint density at radius 1 is 1.35 bits per heavy atom. The van der Waals surface area contributed by atoms with Gasteiger partial charge in [0, 0.05) is 12.5 Å². The number of imidazole rings is 1. The summed E-state index contributed by atoms with van der Waals surface area (Å²) in [6.45, 7) is 1.80. The first kappa shape index (κ1) is 17.4. The van der Waals surface area contributed by atoms with Crippen molar-refractivity contribution in [3.05, 3.63) is 23.5 Å². The van der Waals surface area contributed by atoms with E-state index in [1.165, 1.54) is 12.8 Å². The smallest absolute Gasteiger partial charge is 0.138 e. The van der Waals surface area contributed by atoms with E-state index in [1.807, 2.05) is 12.3 Å². The number of pyridine rings is 1. The van der Waals surface area contributed by atoms with Gasteiger partial charge in [0.25, 0.3) is 0 Å². The van der Waals surface area contributed by atoms with Crippen LogP contribution < -0.4 is 0 Å². The molecule has 3 aromatic heterocycles. The Bertz CT molecular complexity index is 944. The van der Waals surface area contributed by atoms with Crippen LogP contribution in [-0.2, 0) is 0 Å². The van der Waals surface area contributed by atoms with Gasteiger partial charge in [0.15, 0.2) is 0 Å². The lowest BCUT2D eigenvalue weighted by atomic mass is 9.83. The fourth-order valence-corrected chi connectivity index (χ4v) is 5.21. The lowest BCUT2D eigenvalue weighted by Gasteiger charge is -2.31. The molecule has 1 fully saturated rings. The summed E-state index contributed by atoms with van der Waals surface area (Å²) in [5, 5.41) is 21.1. The van der Waals surface area contributed by atoms with Gasteiger partial charge in [-0.05, 0) is 62.8 Å². The third-order valence-corrected chi connectivity index (χ3v) is 6.52. The Morgan fingerprint density at radius 3 is 2.88 bits per heavy atom. The summed E-state index contributed by atoms with van der Waals surface area (Å²) < 4.78 is 3.46. The van der Waals surface area contributed by atoms with E-state index in [0.29, 0.717) is 12.5 Å². The second kappa shape index (κ2) is 7.34. The van der Waals surface area contributed by atoms with Crippen molar-refractivity contribution in [2.75, 3.05) is 0 Å². The molecule has 136 valence electrons. The maximum absolute atomic E-state index is 10.3. The Morgan fingerprint density at radius 2 is 2.15 bits per heavy atom. The highest BCUT2D eigenvalue weighted by Gasteiger charge is 2.28. The zero-order chi connectivity index (χ0) is 18.1. The van der Waals surface area contributed by atoms with Crippen LogP contribution >= 0.6 is 11.3 Å². The molecule has 1 atom stereocenters. The van der Waals surface area contributed by atoms with Gasteiger partial charge in [0.05, 0.1) is 28.0 Å². The van der Waals surface area contributed by atoms with Gasteiger partial charge in [-0.25, -0.2) is 4.98 Å². The predicted molar refractivity (Wildman–Crippen MR) is 104 cm³/mol. The SMILES string of the molecule is C[C@@H](O)c1nc2cnc3ccsc3c2n1C1CCC(CCCC#N)CC1. The Labute approximate surface area is 157 Å². The van der Waals surface area contributed by atoms with Crippen LogP contribution in [0.25, 0.3) is 21.3 Å². The molecule has 0 aliphatic heterocycles. The maximum atomic E-state index is 10.3. The first-order chi connectivity index (χ1) is 12.7. The van der Waals surface area contributed by atoms with E-state index in [-0.39, 0.29) is 0 Å². The van der Waals surface area contributed by atoms with Crippen molar-refractivity contribution in [2.45, 2.75) is 64.0 Å². The second-order valence-corrected chi connectivity index (χ2v) is 8.28. The van der Waals surface area contributed by atoms with E-state index in [1.54, 1.807) is 18.3 Å². The molecule has 0 aromatic carbocycles. The average Bonchev–Trinajstić information content (AvgIpc) is 3.26. The number of rotatable bonds is 5. The molecule has 5 nitrogen and oxygen atoms in total. The summed E-state index contributed by atoms with van der Waals surface area (Å²) in [7, 11) is 0. The molecule has 1 N–H and O–H groups in total. The number of fused-ring (bicyclic) bond motifs is 3. The number of aliphatic hydroxyl groups is 1. The van der Waals surface area contributed by atoms with E-state index < -0.39 is 6.10 Å². The summed E-state index contributed by atoms with van der Waals surface area (Å²) in [5.41, 5.74) is 3.02. The normalized spacial score (nSPS) is 21.9. The van der Waals surface area contributed by atoms with E-state index >= 15 is 0 Å². The summed E-state index contributed by atoms with van der Waals surface area (Å²) in [5.74, 6) is 1.49. The van der Waals surface area contributed by atoms with Crippen LogP contribution in [0.2, 0.25) is 0 Å². The minimum atomic E-state index is -0.592. The van der Waals surface area contributed by atoms with Crippen molar-refractivity contribution in [2.24, 2.45) is 5.92 Å². The Balaban J connectivity index is 1.66. The molecule has 4 rings (SSSR count). The monoisotopic (exact) mass is 368 g/mol. The number of aliphatic hydroxyl groups excluding tert-OH is 1. The Hall–Kier alpha value is -1.97. The summed E-state index contributed by atoms with van der Waals surface area (Å²) in [6, 6.07) is 4.67. The van der Waals surface area contributed by atoms with Gasteiger partial charge in [-0.1, -0.05) is 0 Å². The molecule has 1 aliphatic rings. The van der Waals surface area contributed by atoms with Crippen LogP contribution in [0.1, 0.15) is 69.8 Å². The molecule has 26 heavy (non-hydrogen) atoms. The van der Waals surface area contributed by atoms with Crippen LogP contribution in [0.3, 0.4) is 0 Å². The molecule has 0 unspecified atom stereocenters. The van der Waals surface area contributed by atoms with Crippen molar-refractivity contribution in [1.82, 2.24) is 14.5 Å². The molecular formula is C20H24N4OS. The number of thiophene rings is 1. The third kappa shape index (κ3) is 3.10. The predicted octanol–water partition coefficient (Wildman–Crippen LogP) is 5.12. The standard InChI is InChI=1S/C20H24N4OS/c1-13(25)20-23-17-12-22-16-9-11-26-19(16)18(17)24(20)15-7-5-14(6-8-15)4-2-3-10-21/h9,11-15,25H,2-8H2,1H3/t13-,14?,15?/m1/s1. The number of nitrogens with zero attached hydrogens (tertiary/aromatic N) is 4. The van der Waals surface area contributed by atoms with Crippen molar-refractivity contribution in [1.29, 1.82) is 5.26 Å². The Kier molecular flexibility index (Phi) is 4.92. The molecule has 6 heteroatoms. The molecule has 0 amide bonds. The van der Waals surface area contributed by atoms with Crippen LogP contribution in [0.5, 0.6) is 0 Å². The molecule has 0 saturated heterocycles. The van der Waals surface area contributed by atoms with Crippen LogP contribution in [0.15, 0.2) is 17.6 Å². The third-order valence-electron chi connectivity index (χ3n) is 5.61. The van der Waals surface area contributed by atoms with Crippen molar-refractivity contribution in [3.8, 4) is 6.07 Å². The van der Waals surface area contributed by atoms with E-state index in [4.69, 9.17) is 10.2 Å². The number of unbranched alkanes of at least 4 members (excludes halogenated alkanes) is 1. The van der Waals surface area contributed by atoms with Crippen molar-refractivity contribution < 1.29 is 5.11 Å². The first-order valence-electron chi connectivity index (χ1n) is 9.48. The minimum Gasteiger partial charge on any atom is -0.385 e. The van der Waals surface area contributed by atoms with Gasteiger partial charge in [-0.15, -0.1) is 11.3 Å². The molecule has 1 saturated carbocycles. The molecule has 3 aromatic rings. The highest BCUT2D eigenvalue weighted by Crippen LogP contribution is 2.40. The van der Waals surface area contributed by atoms with Gasteiger partial charge in [-0.2, -0.15) is 5.26 Å². The zero-order valence-electron chi connectivity index (χ0n) is 15.1. The van der Waals surface area contributed by atoms with Gasteiger partial charge < -0.3 is 9.67 Å². The molecule has 3 heterocycles. The van der Waals surface area contributed by atoms with E-state index in [0.717, 1.165) is 58.7 Å². The highest BCUT2D eigenvalue weighted by molar-refractivity contribution is 7.18. The second-order valence-electron chi connectivity index (χ2n) is 7.37. The number of hydrogen-bond donors (Lipinski definition) is 1. The van der Waals surface area contributed by atoms with E-state index in [9.17, 15) is 5.11 Å². The maximum Gasteiger partial charge on any atom is 0.138 e. The van der Waals surface area contributed by atoms with Gasteiger partial charge in [0.2, 0.25) is 0 Å². The fraction of sp³-hybridized carbons (Fsp3) is 0.550. The average molecular weight is 369 g/mol. The first-order valence-corrected chi connectivity index (χ1v) is 10.4. The minimum absolute atomic E-state index is 0.379. The van der Waals surface area contributed by atoms with Crippen LogP contribution in [-0.4, -0.2) is 19.6 Å². The molecule has 0 bridgehead atoms. The van der Waals surface area contributed by atoms with Crippen molar-refractivity contribution in [3.63, 3.8) is 0 Å². The lowest BCUT2D eigenvalue weighted by Crippen LogP contribution is -2.20. The number of aromatic nitrogens is 3. The quantitative estimate of drug-likeness (QED) is 0.634. The topological polar surface area (TPSA) is 74.7 Å². The molecule has 0 radical (unpaired) electrons. The largest absolute Gasteiger partial charge is 0.385 e. The van der Waals surface area contributed by atoms with E-state index in [2.05, 4.69) is 21.0 Å². The van der Waals surface area contributed by atoms with Gasteiger partial charge >= 0.3 is 0 Å².